The van der Waals surface area contributed by atoms with Crippen LogP contribution in [0, 0.1) is 0 Å². The predicted molar refractivity (Wildman–Crippen MR) is 127 cm³/mol. The number of carbonyl (C=O) groups excluding carboxylic acids is 3. The largest absolute Gasteiger partial charge is 0.456 e. The molecule has 2 aromatic carbocycles. The molecule has 1 saturated heterocycles. The number of benzene rings is 2. The monoisotopic (exact) mass is 490 g/mol. The molecule has 1 aliphatic rings. The predicted octanol–water partition coefficient (Wildman–Crippen LogP) is 4.14. The van der Waals surface area contributed by atoms with Gasteiger partial charge in [-0.25, -0.2) is 19.3 Å². The van der Waals surface area contributed by atoms with Crippen LogP contribution in [0.3, 0.4) is 0 Å². The average molecular weight is 491 g/mol. The third-order valence-electron chi connectivity index (χ3n) is 4.86. The van der Waals surface area contributed by atoms with E-state index in [0.717, 1.165) is 20.3 Å². The highest BCUT2D eigenvalue weighted by atomic mass is 35.5. The minimum Gasteiger partial charge on any atom is -0.456 e. The Morgan fingerprint density at radius 1 is 1.06 bits per heavy atom. The molecular weight excluding hydrogens is 468 g/mol. The second-order valence-electron chi connectivity index (χ2n) is 7.28. The van der Waals surface area contributed by atoms with Gasteiger partial charge >= 0.3 is 18.0 Å². The van der Waals surface area contributed by atoms with Crippen LogP contribution in [-0.2, 0) is 16.2 Å². The van der Waals surface area contributed by atoms with E-state index in [0.29, 0.717) is 12.3 Å². The number of nitrogens with zero attached hydrogens (tertiary/aromatic N) is 4. The summed E-state index contributed by atoms with van der Waals surface area (Å²) >= 11 is 10.4. The van der Waals surface area contributed by atoms with Gasteiger partial charge in [-0.1, -0.05) is 53.2 Å². The lowest BCUT2D eigenvalue weighted by Crippen LogP contribution is -2.67. The van der Waals surface area contributed by atoms with Crippen LogP contribution in [0.25, 0.3) is 0 Å². The van der Waals surface area contributed by atoms with Crippen molar-refractivity contribution in [3.05, 3.63) is 65.7 Å². The SMILES string of the molecule is CC(COC(=O)c1cccc(N2C(=O)N(C)C(S)(Cl)N(C)C2=O)c1)=NOCc1ccccc1. The molecule has 0 bridgehead atoms. The van der Waals surface area contributed by atoms with Crippen LogP contribution in [0.15, 0.2) is 59.8 Å². The van der Waals surface area contributed by atoms with E-state index < -0.39 is 22.5 Å². The molecule has 0 N–H and O–H groups in total. The molecule has 1 aliphatic heterocycles. The number of oxime groups is 1. The van der Waals surface area contributed by atoms with Gasteiger partial charge in [0.1, 0.15) is 13.2 Å². The van der Waals surface area contributed by atoms with Gasteiger partial charge in [0.25, 0.3) is 0 Å². The average Bonchev–Trinajstić information content (AvgIpc) is 2.81. The summed E-state index contributed by atoms with van der Waals surface area (Å²) in [4.78, 5) is 46.3. The van der Waals surface area contributed by atoms with E-state index in [2.05, 4.69) is 17.8 Å². The van der Waals surface area contributed by atoms with Gasteiger partial charge < -0.3 is 9.57 Å². The molecule has 1 heterocycles. The Morgan fingerprint density at radius 3 is 2.33 bits per heavy atom. The summed E-state index contributed by atoms with van der Waals surface area (Å²) < 4.78 is 3.66. The molecule has 174 valence electrons. The van der Waals surface area contributed by atoms with Gasteiger partial charge in [0.2, 0.25) is 4.45 Å². The summed E-state index contributed by atoms with van der Waals surface area (Å²) in [7, 11) is 2.83. The number of amides is 4. The second kappa shape index (κ2) is 10.1. The zero-order valence-electron chi connectivity index (χ0n) is 18.3. The standard InChI is InChI=1S/C22H23ClN4O5S/c1-15(24-32-14-16-8-5-4-6-9-16)13-31-19(28)17-10-7-11-18(12-17)27-20(29)25(2)22(23,33)26(3)21(27)30/h4-12,33H,13-14H2,1-3H3. The lowest BCUT2D eigenvalue weighted by atomic mass is 10.2. The molecule has 3 rings (SSSR count). The fraction of sp³-hybridized carbons (Fsp3) is 0.273. The van der Waals surface area contributed by atoms with E-state index in [1.54, 1.807) is 13.0 Å². The van der Waals surface area contributed by atoms with Gasteiger partial charge in [0.15, 0.2) is 0 Å². The van der Waals surface area contributed by atoms with Crippen molar-refractivity contribution in [1.29, 1.82) is 0 Å². The number of ether oxygens (including phenoxy) is 1. The first kappa shape index (κ1) is 24.4. The molecule has 0 unspecified atom stereocenters. The van der Waals surface area contributed by atoms with Gasteiger partial charge in [0.05, 0.1) is 17.0 Å². The van der Waals surface area contributed by atoms with Gasteiger partial charge in [-0.15, -0.1) is 12.6 Å². The Morgan fingerprint density at radius 2 is 1.70 bits per heavy atom. The van der Waals surface area contributed by atoms with Crippen LogP contribution in [-0.4, -0.2) is 58.7 Å². The molecule has 11 heteroatoms. The molecule has 0 spiro atoms. The third-order valence-corrected chi connectivity index (χ3v) is 5.96. The minimum atomic E-state index is -1.61. The fourth-order valence-corrected chi connectivity index (χ4v) is 3.23. The molecular formula is C22H23ClN4O5S. The molecule has 0 aliphatic carbocycles. The number of alkyl halides is 1. The van der Waals surface area contributed by atoms with Crippen molar-refractivity contribution in [2.45, 2.75) is 18.0 Å². The highest BCUT2D eigenvalue weighted by Crippen LogP contribution is 2.35. The van der Waals surface area contributed by atoms with Crippen molar-refractivity contribution < 1.29 is 24.0 Å². The van der Waals surface area contributed by atoms with Crippen LogP contribution >= 0.6 is 24.2 Å². The highest BCUT2D eigenvalue weighted by Gasteiger charge is 2.49. The van der Waals surface area contributed by atoms with Crippen LogP contribution in [0.2, 0.25) is 0 Å². The molecule has 4 amide bonds. The van der Waals surface area contributed by atoms with Crippen LogP contribution in [0.5, 0.6) is 0 Å². The summed E-state index contributed by atoms with van der Waals surface area (Å²) in [6, 6.07) is 14.1. The molecule has 0 radical (unpaired) electrons. The Bertz CT molecular complexity index is 1060. The van der Waals surface area contributed by atoms with E-state index in [4.69, 9.17) is 21.2 Å². The van der Waals surface area contributed by atoms with Crippen LogP contribution in [0.4, 0.5) is 15.3 Å². The third kappa shape index (κ3) is 5.40. The van der Waals surface area contributed by atoms with Crippen molar-refractivity contribution in [2.24, 2.45) is 5.16 Å². The molecule has 2 aromatic rings. The Balaban J connectivity index is 1.64. The summed E-state index contributed by atoms with van der Waals surface area (Å²) in [5.41, 5.74) is 1.78. The molecule has 1 fully saturated rings. The van der Waals surface area contributed by atoms with Crippen molar-refractivity contribution in [1.82, 2.24) is 9.80 Å². The number of carbonyl (C=O) groups is 3. The normalized spacial score (nSPS) is 16.2. The Hall–Kier alpha value is -3.24. The highest BCUT2D eigenvalue weighted by molar-refractivity contribution is 7.83. The number of esters is 1. The first-order valence-electron chi connectivity index (χ1n) is 9.86. The molecule has 9 nitrogen and oxygen atoms in total. The number of imide groups is 1. The maximum atomic E-state index is 12.7. The summed E-state index contributed by atoms with van der Waals surface area (Å²) in [6.07, 6.45) is 0. The first-order chi connectivity index (χ1) is 15.6. The maximum Gasteiger partial charge on any atom is 0.338 e. The number of hydrogen-bond acceptors (Lipinski definition) is 7. The zero-order chi connectivity index (χ0) is 24.2. The van der Waals surface area contributed by atoms with E-state index in [9.17, 15) is 14.4 Å². The van der Waals surface area contributed by atoms with Crippen molar-refractivity contribution in [3.63, 3.8) is 0 Å². The lowest BCUT2D eigenvalue weighted by molar-refractivity contribution is 0.0555. The van der Waals surface area contributed by atoms with Gasteiger partial charge in [-0.3, -0.25) is 9.80 Å². The molecule has 0 saturated carbocycles. The number of rotatable bonds is 7. The summed E-state index contributed by atoms with van der Waals surface area (Å²) in [5.74, 6) is -0.644. The van der Waals surface area contributed by atoms with Crippen LogP contribution in [0.1, 0.15) is 22.8 Å². The second-order valence-corrected chi connectivity index (χ2v) is 8.70. The molecule has 33 heavy (non-hydrogen) atoms. The van der Waals surface area contributed by atoms with E-state index in [1.807, 2.05) is 30.3 Å². The molecule has 0 aromatic heterocycles. The van der Waals surface area contributed by atoms with Crippen molar-refractivity contribution >= 4 is 53.7 Å². The number of urea groups is 2. The van der Waals surface area contributed by atoms with Crippen molar-refractivity contribution in [3.8, 4) is 0 Å². The summed E-state index contributed by atoms with van der Waals surface area (Å²) in [6.45, 7) is 1.88. The summed E-state index contributed by atoms with van der Waals surface area (Å²) in [5, 5.41) is 3.94. The number of halogens is 1. The number of thiol groups is 1. The van der Waals surface area contributed by atoms with E-state index in [-0.39, 0.29) is 17.9 Å². The Kier molecular flexibility index (Phi) is 7.50. The van der Waals surface area contributed by atoms with Gasteiger partial charge in [-0.2, -0.15) is 0 Å². The van der Waals surface area contributed by atoms with Gasteiger partial charge in [0, 0.05) is 14.1 Å². The smallest absolute Gasteiger partial charge is 0.338 e. The molecule has 0 atom stereocenters. The first-order valence-corrected chi connectivity index (χ1v) is 10.7. The van der Waals surface area contributed by atoms with Crippen LogP contribution < -0.4 is 4.90 Å². The Labute approximate surface area is 201 Å². The minimum absolute atomic E-state index is 0.0840. The number of anilines is 1. The topological polar surface area (TPSA) is 91.8 Å². The van der Waals surface area contributed by atoms with Crippen molar-refractivity contribution in [2.75, 3.05) is 25.6 Å². The number of hydrogen-bond donors (Lipinski definition) is 1. The van der Waals surface area contributed by atoms with Gasteiger partial charge in [-0.05, 0) is 30.7 Å². The van der Waals surface area contributed by atoms with E-state index >= 15 is 0 Å². The maximum absolute atomic E-state index is 12.7. The van der Waals surface area contributed by atoms with E-state index in [1.165, 1.54) is 32.3 Å². The lowest BCUT2D eigenvalue weighted by Gasteiger charge is -2.46. The quantitative estimate of drug-likeness (QED) is 0.157. The zero-order valence-corrected chi connectivity index (χ0v) is 19.9. The fourth-order valence-electron chi connectivity index (χ4n) is 2.91.